The van der Waals surface area contributed by atoms with Gasteiger partial charge >= 0.3 is 11.9 Å². The molecule has 0 N–H and O–H groups in total. The first kappa shape index (κ1) is 20.2. The monoisotopic (exact) mass is 391 g/mol. The number of carbonyl (C=O) groups excluding carboxylic acids is 3. The molecule has 0 bridgehead atoms. The lowest BCUT2D eigenvalue weighted by Crippen LogP contribution is -2.52. The van der Waals surface area contributed by atoms with Crippen LogP contribution in [-0.4, -0.2) is 43.7 Å². The number of methoxy groups -OCH3 is 2. The number of ketones is 1. The maximum Gasteiger partial charge on any atom is 0.326 e. The topological polar surface area (TPSA) is 82.0 Å². The summed E-state index contributed by atoms with van der Waals surface area (Å²) in [6.07, 6.45) is 2.44. The van der Waals surface area contributed by atoms with Crippen molar-refractivity contribution >= 4 is 23.4 Å². The summed E-state index contributed by atoms with van der Waals surface area (Å²) in [4.78, 5) is 42.4. The van der Waals surface area contributed by atoms with Crippen LogP contribution in [0.1, 0.15) is 17.5 Å². The standard InChI is InChI=1S/C23H21NO5/c1-28-21(26)23(22(27)29-2)15-18(25)13-14-19(23)24-20(16-9-5-3-6-10-16)17-11-7-4-8-12-17/h3-14,19H,15H2,1-2H3/t19-/m1/s1. The highest BCUT2D eigenvalue weighted by atomic mass is 16.5. The smallest absolute Gasteiger partial charge is 0.326 e. The molecule has 0 saturated carbocycles. The number of benzene rings is 2. The second-order valence-corrected chi connectivity index (χ2v) is 6.61. The van der Waals surface area contributed by atoms with E-state index in [1.54, 1.807) is 0 Å². The van der Waals surface area contributed by atoms with E-state index in [1.165, 1.54) is 26.4 Å². The fourth-order valence-electron chi connectivity index (χ4n) is 3.43. The second-order valence-electron chi connectivity index (χ2n) is 6.61. The predicted octanol–water partition coefficient (Wildman–Crippen LogP) is 2.75. The van der Waals surface area contributed by atoms with Crippen LogP contribution in [0.2, 0.25) is 0 Å². The number of rotatable bonds is 5. The summed E-state index contributed by atoms with van der Waals surface area (Å²) in [5, 5.41) is 0. The minimum Gasteiger partial charge on any atom is -0.468 e. The van der Waals surface area contributed by atoms with E-state index in [9.17, 15) is 14.4 Å². The number of carbonyl (C=O) groups is 3. The predicted molar refractivity (Wildman–Crippen MR) is 108 cm³/mol. The van der Waals surface area contributed by atoms with Crippen molar-refractivity contribution in [3.8, 4) is 0 Å². The summed E-state index contributed by atoms with van der Waals surface area (Å²) in [7, 11) is 2.35. The molecule has 0 radical (unpaired) electrons. The lowest BCUT2D eigenvalue weighted by Gasteiger charge is -2.33. The van der Waals surface area contributed by atoms with Gasteiger partial charge in [-0.25, -0.2) is 0 Å². The molecule has 29 heavy (non-hydrogen) atoms. The van der Waals surface area contributed by atoms with Gasteiger partial charge in [0.2, 0.25) is 0 Å². The third-order valence-corrected chi connectivity index (χ3v) is 4.88. The van der Waals surface area contributed by atoms with Gasteiger partial charge in [0, 0.05) is 17.5 Å². The van der Waals surface area contributed by atoms with Crippen LogP contribution < -0.4 is 0 Å². The van der Waals surface area contributed by atoms with Crippen molar-refractivity contribution in [1.29, 1.82) is 0 Å². The number of nitrogens with zero attached hydrogens (tertiary/aromatic N) is 1. The SMILES string of the molecule is COC(=O)C1(C(=O)OC)CC(=O)C=C[C@H]1N=C(c1ccccc1)c1ccccc1. The quantitative estimate of drug-likeness (QED) is 0.445. The molecular formula is C23H21NO5. The Labute approximate surface area is 168 Å². The Balaban J connectivity index is 2.23. The molecule has 0 spiro atoms. The van der Waals surface area contributed by atoms with Crippen molar-refractivity contribution in [2.75, 3.05) is 14.2 Å². The van der Waals surface area contributed by atoms with E-state index in [2.05, 4.69) is 0 Å². The van der Waals surface area contributed by atoms with Crippen LogP contribution in [0.15, 0.2) is 77.8 Å². The summed E-state index contributed by atoms with van der Waals surface area (Å²) in [5.41, 5.74) is 0.345. The molecule has 0 saturated heterocycles. The fourth-order valence-corrected chi connectivity index (χ4v) is 3.43. The van der Waals surface area contributed by atoms with E-state index >= 15 is 0 Å². The van der Waals surface area contributed by atoms with Crippen molar-refractivity contribution in [3.63, 3.8) is 0 Å². The molecule has 6 heteroatoms. The van der Waals surface area contributed by atoms with Crippen LogP contribution in [0.5, 0.6) is 0 Å². The number of aliphatic imine (C=N–C) groups is 1. The van der Waals surface area contributed by atoms with Crippen LogP contribution in [0.4, 0.5) is 0 Å². The minimum absolute atomic E-state index is 0.367. The van der Waals surface area contributed by atoms with E-state index in [0.29, 0.717) is 5.71 Å². The number of esters is 2. The zero-order chi connectivity index (χ0) is 20.9. The van der Waals surface area contributed by atoms with Crippen molar-refractivity contribution in [1.82, 2.24) is 0 Å². The summed E-state index contributed by atoms with van der Waals surface area (Å²) in [5.74, 6) is -2.07. The highest BCUT2D eigenvalue weighted by Crippen LogP contribution is 2.37. The first-order valence-corrected chi connectivity index (χ1v) is 9.09. The largest absolute Gasteiger partial charge is 0.468 e. The average molecular weight is 391 g/mol. The van der Waals surface area contributed by atoms with Gasteiger partial charge in [0.25, 0.3) is 0 Å². The Morgan fingerprint density at radius 2 is 1.38 bits per heavy atom. The Morgan fingerprint density at radius 3 is 1.83 bits per heavy atom. The van der Waals surface area contributed by atoms with Crippen LogP contribution >= 0.6 is 0 Å². The zero-order valence-corrected chi connectivity index (χ0v) is 16.2. The van der Waals surface area contributed by atoms with Gasteiger partial charge in [-0.1, -0.05) is 66.7 Å². The van der Waals surface area contributed by atoms with E-state index in [4.69, 9.17) is 14.5 Å². The molecule has 2 aromatic carbocycles. The molecule has 1 aliphatic rings. The maximum atomic E-state index is 12.7. The molecule has 1 aliphatic carbocycles. The van der Waals surface area contributed by atoms with E-state index in [-0.39, 0.29) is 12.2 Å². The molecule has 148 valence electrons. The Kier molecular flexibility index (Phi) is 6.02. The van der Waals surface area contributed by atoms with Gasteiger partial charge in [-0.15, -0.1) is 0 Å². The third kappa shape index (κ3) is 3.87. The van der Waals surface area contributed by atoms with Gasteiger partial charge in [-0.3, -0.25) is 19.4 Å². The lowest BCUT2D eigenvalue weighted by molar-refractivity contribution is -0.172. The molecule has 0 heterocycles. The molecule has 1 atom stereocenters. The molecule has 6 nitrogen and oxygen atoms in total. The molecule has 0 amide bonds. The highest BCUT2D eigenvalue weighted by molar-refractivity contribution is 6.14. The summed E-state index contributed by atoms with van der Waals surface area (Å²) >= 11 is 0. The first-order valence-electron chi connectivity index (χ1n) is 9.09. The normalized spacial score (nSPS) is 17.3. The zero-order valence-electron chi connectivity index (χ0n) is 16.2. The Morgan fingerprint density at radius 1 is 0.897 bits per heavy atom. The lowest BCUT2D eigenvalue weighted by atomic mass is 9.72. The van der Waals surface area contributed by atoms with Crippen LogP contribution in [0.3, 0.4) is 0 Å². The second kappa shape index (κ2) is 8.65. The summed E-state index contributed by atoms with van der Waals surface area (Å²) < 4.78 is 9.78. The van der Waals surface area contributed by atoms with Gasteiger partial charge in [0.05, 0.1) is 26.0 Å². The molecule has 0 unspecified atom stereocenters. The van der Waals surface area contributed by atoms with E-state index < -0.39 is 23.4 Å². The van der Waals surface area contributed by atoms with Crippen LogP contribution in [0.25, 0.3) is 0 Å². The van der Waals surface area contributed by atoms with Gasteiger partial charge in [-0.05, 0) is 6.08 Å². The van der Waals surface area contributed by atoms with E-state index in [1.807, 2.05) is 60.7 Å². The van der Waals surface area contributed by atoms with Gasteiger partial charge < -0.3 is 9.47 Å². The molecule has 2 aromatic rings. The number of allylic oxidation sites excluding steroid dienone is 1. The molecule has 0 aromatic heterocycles. The first-order chi connectivity index (χ1) is 14.0. The maximum absolute atomic E-state index is 12.7. The Bertz CT molecular complexity index is 906. The van der Waals surface area contributed by atoms with Crippen molar-refractivity contribution in [3.05, 3.63) is 83.9 Å². The van der Waals surface area contributed by atoms with Gasteiger partial charge in [-0.2, -0.15) is 0 Å². The number of hydrogen-bond donors (Lipinski definition) is 0. The molecule has 0 aliphatic heterocycles. The van der Waals surface area contributed by atoms with Crippen molar-refractivity contribution < 1.29 is 23.9 Å². The summed E-state index contributed by atoms with van der Waals surface area (Å²) in [6, 6.07) is 17.9. The van der Waals surface area contributed by atoms with Crippen molar-refractivity contribution in [2.24, 2.45) is 10.4 Å². The van der Waals surface area contributed by atoms with Gasteiger partial charge in [0.1, 0.15) is 0 Å². The van der Waals surface area contributed by atoms with Gasteiger partial charge in [0.15, 0.2) is 11.2 Å². The minimum atomic E-state index is -1.87. The van der Waals surface area contributed by atoms with Crippen LogP contribution in [0, 0.1) is 5.41 Å². The number of hydrogen-bond acceptors (Lipinski definition) is 6. The van der Waals surface area contributed by atoms with Crippen molar-refractivity contribution in [2.45, 2.75) is 12.5 Å². The number of ether oxygens (including phenoxy) is 2. The molecule has 3 rings (SSSR count). The average Bonchev–Trinajstić information content (AvgIpc) is 2.78. The highest BCUT2D eigenvalue weighted by Gasteiger charge is 2.56. The van der Waals surface area contributed by atoms with Crippen LogP contribution in [-0.2, 0) is 23.9 Å². The fraction of sp³-hybridized carbons (Fsp3) is 0.217. The Hall–Kier alpha value is -3.54. The summed E-state index contributed by atoms with van der Waals surface area (Å²) in [6.45, 7) is 0. The third-order valence-electron chi connectivity index (χ3n) is 4.88. The molecule has 0 fully saturated rings. The van der Waals surface area contributed by atoms with E-state index in [0.717, 1.165) is 11.1 Å². The molecular weight excluding hydrogens is 370 g/mol.